The lowest BCUT2D eigenvalue weighted by Crippen LogP contribution is -2.39. The van der Waals surface area contributed by atoms with Crippen molar-refractivity contribution in [2.24, 2.45) is 0 Å². The molecule has 1 aliphatic rings. The Hall–Kier alpha value is -2.50. The normalized spacial score (nSPS) is 14.5. The molecule has 1 aromatic rings. The van der Waals surface area contributed by atoms with Gasteiger partial charge in [-0.15, -0.1) is 0 Å². The SMILES string of the molecule is CCCCOc1cccc(N2CCC(=O)N2C/C=C\C(=O)OC)c1. The molecule has 6 nitrogen and oxygen atoms in total. The first-order chi connectivity index (χ1) is 11.7. The number of unbranched alkanes of at least 4 members (excludes halogenated alkanes) is 1. The topological polar surface area (TPSA) is 59.1 Å². The number of hydrogen-bond acceptors (Lipinski definition) is 5. The molecule has 0 bridgehead atoms. The number of carbonyl (C=O) groups is 2. The van der Waals surface area contributed by atoms with Gasteiger partial charge in [0.05, 0.1) is 25.9 Å². The molecular weight excluding hydrogens is 308 g/mol. The van der Waals surface area contributed by atoms with E-state index < -0.39 is 5.97 Å². The Morgan fingerprint density at radius 1 is 1.38 bits per heavy atom. The van der Waals surface area contributed by atoms with Crippen LogP contribution in [0.1, 0.15) is 26.2 Å². The van der Waals surface area contributed by atoms with Crippen LogP contribution in [0, 0.1) is 0 Å². The first-order valence-electron chi connectivity index (χ1n) is 8.21. The van der Waals surface area contributed by atoms with Crippen molar-refractivity contribution in [1.82, 2.24) is 5.01 Å². The fraction of sp³-hybridized carbons (Fsp3) is 0.444. The van der Waals surface area contributed by atoms with Crippen LogP contribution in [0.15, 0.2) is 36.4 Å². The highest BCUT2D eigenvalue weighted by Gasteiger charge is 2.28. The predicted molar refractivity (Wildman–Crippen MR) is 91.7 cm³/mol. The molecule has 1 aliphatic heterocycles. The Labute approximate surface area is 142 Å². The molecule has 1 amide bonds. The lowest BCUT2D eigenvalue weighted by Gasteiger charge is -2.29. The minimum absolute atomic E-state index is 0.0295. The molecule has 0 aromatic heterocycles. The molecule has 2 rings (SSSR count). The summed E-state index contributed by atoms with van der Waals surface area (Å²) < 4.78 is 10.3. The van der Waals surface area contributed by atoms with Crippen LogP contribution < -0.4 is 9.75 Å². The van der Waals surface area contributed by atoms with Crippen LogP contribution in [0.3, 0.4) is 0 Å². The highest BCUT2D eigenvalue weighted by Crippen LogP contribution is 2.26. The summed E-state index contributed by atoms with van der Waals surface area (Å²) in [4.78, 5) is 23.2. The van der Waals surface area contributed by atoms with Gasteiger partial charge in [0.2, 0.25) is 5.91 Å². The highest BCUT2D eigenvalue weighted by molar-refractivity contribution is 5.83. The van der Waals surface area contributed by atoms with E-state index in [-0.39, 0.29) is 5.91 Å². The zero-order valence-corrected chi connectivity index (χ0v) is 14.2. The number of rotatable bonds is 8. The molecule has 0 aliphatic carbocycles. The van der Waals surface area contributed by atoms with Crippen molar-refractivity contribution in [1.29, 1.82) is 0 Å². The maximum atomic E-state index is 12.1. The van der Waals surface area contributed by atoms with Crippen molar-refractivity contribution < 1.29 is 19.1 Å². The quantitative estimate of drug-likeness (QED) is 0.416. The van der Waals surface area contributed by atoms with Crippen molar-refractivity contribution in [2.45, 2.75) is 26.2 Å². The van der Waals surface area contributed by atoms with E-state index in [0.717, 1.165) is 24.3 Å². The molecule has 130 valence electrons. The Balaban J connectivity index is 2.05. The van der Waals surface area contributed by atoms with E-state index in [4.69, 9.17) is 4.74 Å². The average Bonchev–Trinajstić information content (AvgIpc) is 2.96. The summed E-state index contributed by atoms with van der Waals surface area (Å²) >= 11 is 0. The van der Waals surface area contributed by atoms with Gasteiger partial charge in [-0.25, -0.2) is 9.80 Å². The minimum Gasteiger partial charge on any atom is -0.494 e. The van der Waals surface area contributed by atoms with Gasteiger partial charge in [-0.2, -0.15) is 0 Å². The molecule has 1 saturated heterocycles. The first kappa shape index (κ1) is 17.8. The van der Waals surface area contributed by atoms with E-state index >= 15 is 0 Å². The second kappa shape index (κ2) is 8.96. The Morgan fingerprint density at radius 3 is 2.96 bits per heavy atom. The van der Waals surface area contributed by atoms with E-state index in [9.17, 15) is 9.59 Å². The summed E-state index contributed by atoms with van der Waals surface area (Å²) in [6, 6.07) is 7.72. The van der Waals surface area contributed by atoms with Gasteiger partial charge in [-0.1, -0.05) is 25.5 Å². The van der Waals surface area contributed by atoms with E-state index in [1.807, 2.05) is 29.3 Å². The minimum atomic E-state index is -0.431. The molecule has 1 heterocycles. The fourth-order valence-electron chi connectivity index (χ4n) is 2.44. The Kier molecular flexibility index (Phi) is 6.66. The standard InChI is InChI=1S/C18H24N2O4/c1-3-4-13-24-16-8-5-7-15(14-16)19-12-10-17(21)20(19)11-6-9-18(22)23-2/h5-9,14H,3-4,10-13H2,1-2H3/b9-6-. The summed E-state index contributed by atoms with van der Waals surface area (Å²) in [5.74, 6) is 0.395. The van der Waals surface area contributed by atoms with Crippen LogP contribution in [0.4, 0.5) is 5.69 Å². The van der Waals surface area contributed by atoms with Crippen LogP contribution in [-0.2, 0) is 14.3 Å². The van der Waals surface area contributed by atoms with Gasteiger partial charge in [0.25, 0.3) is 0 Å². The van der Waals surface area contributed by atoms with Gasteiger partial charge >= 0.3 is 5.97 Å². The van der Waals surface area contributed by atoms with Crippen molar-refractivity contribution in [3.8, 4) is 5.75 Å². The third-order valence-corrected chi connectivity index (χ3v) is 3.73. The van der Waals surface area contributed by atoms with Crippen molar-refractivity contribution in [2.75, 3.05) is 31.8 Å². The molecule has 0 radical (unpaired) electrons. The van der Waals surface area contributed by atoms with Crippen LogP contribution in [0.5, 0.6) is 5.75 Å². The monoisotopic (exact) mass is 332 g/mol. The van der Waals surface area contributed by atoms with E-state index in [1.54, 1.807) is 11.1 Å². The molecule has 24 heavy (non-hydrogen) atoms. The van der Waals surface area contributed by atoms with Gasteiger partial charge in [0.15, 0.2) is 0 Å². The summed E-state index contributed by atoms with van der Waals surface area (Å²) in [5, 5.41) is 3.54. The van der Waals surface area contributed by atoms with Gasteiger partial charge in [-0.05, 0) is 18.6 Å². The van der Waals surface area contributed by atoms with Gasteiger partial charge < -0.3 is 9.47 Å². The highest BCUT2D eigenvalue weighted by atomic mass is 16.5. The molecule has 0 unspecified atom stereocenters. The summed E-state index contributed by atoms with van der Waals surface area (Å²) in [5.41, 5.74) is 0.904. The average molecular weight is 332 g/mol. The van der Waals surface area contributed by atoms with E-state index in [2.05, 4.69) is 11.7 Å². The van der Waals surface area contributed by atoms with Gasteiger partial charge in [-0.3, -0.25) is 9.80 Å². The number of amides is 1. The summed E-state index contributed by atoms with van der Waals surface area (Å²) in [6.45, 7) is 3.75. The smallest absolute Gasteiger partial charge is 0.330 e. The number of ether oxygens (including phenoxy) is 2. The second-order valence-electron chi connectivity index (χ2n) is 5.47. The first-order valence-corrected chi connectivity index (χ1v) is 8.21. The Morgan fingerprint density at radius 2 is 2.21 bits per heavy atom. The maximum absolute atomic E-state index is 12.1. The zero-order chi connectivity index (χ0) is 17.4. The molecule has 6 heteroatoms. The van der Waals surface area contributed by atoms with Gasteiger partial charge in [0.1, 0.15) is 5.75 Å². The molecular formula is C18H24N2O4. The number of anilines is 1. The lowest BCUT2D eigenvalue weighted by atomic mass is 10.3. The van der Waals surface area contributed by atoms with Crippen LogP contribution in [-0.4, -0.2) is 43.7 Å². The molecule has 0 spiro atoms. The summed E-state index contributed by atoms with van der Waals surface area (Å²) in [6.07, 6.45) is 5.50. The van der Waals surface area contributed by atoms with Crippen LogP contribution in [0.2, 0.25) is 0 Å². The van der Waals surface area contributed by atoms with E-state index in [0.29, 0.717) is 26.1 Å². The second-order valence-corrected chi connectivity index (χ2v) is 5.47. The largest absolute Gasteiger partial charge is 0.494 e. The molecule has 1 fully saturated rings. The molecule has 1 aromatic carbocycles. The molecule has 0 saturated carbocycles. The van der Waals surface area contributed by atoms with Crippen molar-refractivity contribution in [3.63, 3.8) is 0 Å². The Bertz CT molecular complexity index is 600. The van der Waals surface area contributed by atoms with Gasteiger partial charge in [0, 0.05) is 25.1 Å². The fourth-order valence-corrected chi connectivity index (χ4v) is 2.44. The summed E-state index contributed by atoms with van der Waals surface area (Å²) in [7, 11) is 1.32. The maximum Gasteiger partial charge on any atom is 0.330 e. The third kappa shape index (κ3) is 4.75. The van der Waals surface area contributed by atoms with E-state index in [1.165, 1.54) is 13.2 Å². The predicted octanol–water partition coefficient (Wildman–Crippen LogP) is 2.55. The number of hydrazine groups is 1. The number of hydrogen-bond donors (Lipinski definition) is 0. The van der Waals surface area contributed by atoms with Crippen molar-refractivity contribution in [3.05, 3.63) is 36.4 Å². The number of esters is 1. The van der Waals surface area contributed by atoms with Crippen LogP contribution in [0.25, 0.3) is 0 Å². The number of methoxy groups -OCH3 is 1. The third-order valence-electron chi connectivity index (χ3n) is 3.73. The van der Waals surface area contributed by atoms with Crippen molar-refractivity contribution >= 4 is 17.6 Å². The lowest BCUT2D eigenvalue weighted by molar-refractivity contribution is -0.135. The number of carbonyl (C=O) groups excluding carboxylic acids is 2. The number of nitrogens with zero attached hydrogens (tertiary/aromatic N) is 2. The molecule has 0 atom stereocenters. The number of benzene rings is 1. The molecule has 0 N–H and O–H groups in total. The zero-order valence-electron chi connectivity index (χ0n) is 14.2. The van der Waals surface area contributed by atoms with Crippen LogP contribution >= 0.6 is 0 Å².